The van der Waals surface area contributed by atoms with Crippen molar-refractivity contribution < 1.29 is 8.42 Å². The molecular formula is C11H23N3O2S. The van der Waals surface area contributed by atoms with E-state index in [1.165, 1.54) is 0 Å². The topological polar surface area (TPSA) is 75.4 Å². The van der Waals surface area contributed by atoms with Gasteiger partial charge in [-0.05, 0) is 52.2 Å². The van der Waals surface area contributed by atoms with Gasteiger partial charge >= 0.3 is 0 Å². The van der Waals surface area contributed by atoms with Gasteiger partial charge in [-0.15, -0.1) is 0 Å². The fourth-order valence-corrected chi connectivity index (χ4v) is 4.45. The second kappa shape index (κ2) is 5.22. The molecule has 0 aromatic rings. The van der Waals surface area contributed by atoms with Crippen LogP contribution in [0.15, 0.2) is 0 Å². The van der Waals surface area contributed by atoms with Crippen molar-refractivity contribution in [3.8, 4) is 0 Å². The van der Waals surface area contributed by atoms with Gasteiger partial charge in [0, 0.05) is 12.1 Å². The van der Waals surface area contributed by atoms with Gasteiger partial charge in [0.2, 0.25) is 10.0 Å². The first-order chi connectivity index (χ1) is 7.97. The fourth-order valence-electron chi connectivity index (χ4n) is 2.75. The highest BCUT2D eigenvalue weighted by atomic mass is 32.2. The molecule has 1 saturated heterocycles. The van der Waals surface area contributed by atoms with E-state index in [9.17, 15) is 8.42 Å². The van der Waals surface area contributed by atoms with E-state index in [4.69, 9.17) is 5.73 Å². The van der Waals surface area contributed by atoms with Gasteiger partial charge in [0.05, 0.1) is 5.25 Å². The van der Waals surface area contributed by atoms with Crippen molar-refractivity contribution in [1.82, 2.24) is 9.62 Å². The van der Waals surface area contributed by atoms with Crippen LogP contribution in [0.5, 0.6) is 0 Å². The summed E-state index contributed by atoms with van der Waals surface area (Å²) in [6.45, 7) is 1.74. The molecule has 2 unspecified atom stereocenters. The van der Waals surface area contributed by atoms with Gasteiger partial charge < -0.3 is 10.6 Å². The smallest absolute Gasteiger partial charge is 0.214 e. The van der Waals surface area contributed by atoms with Gasteiger partial charge in [-0.25, -0.2) is 13.1 Å². The molecule has 0 aromatic carbocycles. The van der Waals surface area contributed by atoms with E-state index >= 15 is 0 Å². The molecule has 2 rings (SSSR count). The van der Waals surface area contributed by atoms with Crippen LogP contribution in [0.3, 0.4) is 0 Å². The maximum Gasteiger partial charge on any atom is 0.214 e. The highest BCUT2D eigenvalue weighted by Gasteiger charge is 2.32. The Kier molecular flexibility index (Phi) is 4.07. The number of nitrogens with zero attached hydrogens (tertiary/aromatic N) is 1. The van der Waals surface area contributed by atoms with Gasteiger partial charge in [0.25, 0.3) is 0 Å². The molecule has 0 aromatic heterocycles. The molecule has 1 saturated carbocycles. The van der Waals surface area contributed by atoms with Crippen molar-refractivity contribution in [2.75, 3.05) is 20.1 Å². The van der Waals surface area contributed by atoms with E-state index in [0.717, 1.165) is 45.2 Å². The van der Waals surface area contributed by atoms with Crippen LogP contribution in [0.1, 0.15) is 32.1 Å². The second-order valence-corrected chi connectivity index (χ2v) is 7.43. The zero-order valence-electron chi connectivity index (χ0n) is 10.4. The summed E-state index contributed by atoms with van der Waals surface area (Å²) >= 11 is 0. The molecule has 2 fully saturated rings. The molecule has 0 bridgehead atoms. The molecule has 5 nitrogen and oxygen atoms in total. The quantitative estimate of drug-likeness (QED) is 0.743. The Bertz CT molecular complexity index is 350. The summed E-state index contributed by atoms with van der Waals surface area (Å²) in [6.07, 6.45) is 4.08. The van der Waals surface area contributed by atoms with Crippen molar-refractivity contribution in [3.63, 3.8) is 0 Å². The number of piperidine rings is 1. The lowest BCUT2D eigenvalue weighted by Gasteiger charge is -2.29. The Morgan fingerprint density at radius 3 is 2.35 bits per heavy atom. The largest absolute Gasteiger partial charge is 0.328 e. The molecule has 1 aliphatic heterocycles. The molecule has 0 amide bonds. The minimum Gasteiger partial charge on any atom is -0.328 e. The summed E-state index contributed by atoms with van der Waals surface area (Å²) in [5.74, 6) is 0. The van der Waals surface area contributed by atoms with Crippen molar-refractivity contribution in [2.24, 2.45) is 5.73 Å². The molecule has 17 heavy (non-hydrogen) atoms. The van der Waals surface area contributed by atoms with E-state index in [1.807, 2.05) is 7.05 Å². The summed E-state index contributed by atoms with van der Waals surface area (Å²) < 4.78 is 27.2. The second-order valence-electron chi connectivity index (χ2n) is 5.44. The summed E-state index contributed by atoms with van der Waals surface area (Å²) in [5, 5.41) is -0.212. The normalized spacial score (nSPS) is 33.1. The SMILES string of the molecule is CN1CCC(S(=O)(=O)NC2CCC(N)C2)CC1. The van der Waals surface area contributed by atoms with Crippen LogP contribution in [-0.4, -0.2) is 50.8 Å². The lowest BCUT2D eigenvalue weighted by atomic mass is 10.1. The number of hydrogen-bond donors (Lipinski definition) is 2. The molecule has 100 valence electrons. The average molecular weight is 261 g/mol. The maximum absolute atomic E-state index is 12.2. The minimum absolute atomic E-state index is 0.0645. The van der Waals surface area contributed by atoms with Gasteiger partial charge in [-0.1, -0.05) is 0 Å². The van der Waals surface area contributed by atoms with Crippen LogP contribution in [0.25, 0.3) is 0 Å². The van der Waals surface area contributed by atoms with Crippen molar-refractivity contribution in [1.29, 1.82) is 0 Å². The molecule has 6 heteroatoms. The minimum atomic E-state index is -3.15. The average Bonchev–Trinajstić information content (AvgIpc) is 2.63. The number of nitrogens with two attached hydrogens (primary N) is 1. The van der Waals surface area contributed by atoms with Crippen LogP contribution >= 0.6 is 0 Å². The Hall–Kier alpha value is -0.170. The fraction of sp³-hybridized carbons (Fsp3) is 1.00. The summed E-state index contributed by atoms with van der Waals surface area (Å²) in [6, 6.07) is 0.231. The monoisotopic (exact) mass is 261 g/mol. The first kappa shape index (κ1) is 13.3. The van der Waals surface area contributed by atoms with Crippen molar-refractivity contribution >= 4 is 10.0 Å². The third kappa shape index (κ3) is 3.40. The Morgan fingerprint density at radius 1 is 1.18 bits per heavy atom. The number of hydrogen-bond acceptors (Lipinski definition) is 4. The van der Waals surface area contributed by atoms with Crippen LogP contribution < -0.4 is 10.5 Å². The molecule has 2 aliphatic rings. The molecule has 0 spiro atoms. The van der Waals surface area contributed by atoms with Crippen LogP contribution in [-0.2, 0) is 10.0 Å². The van der Waals surface area contributed by atoms with E-state index in [-0.39, 0.29) is 17.3 Å². The van der Waals surface area contributed by atoms with Gasteiger partial charge in [-0.2, -0.15) is 0 Å². The van der Waals surface area contributed by atoms with Crippen molar-refractivity contribution in [3.05, 3.63) is 0 Å². The third-order valence-electron chi connectivity index (χ3n) is 3.91. The molecule has 1 heterocycles. The number of nitrogens with one attached hydrogen (secondary N) is 1. The molecule has 2 atom stereocenters. The summed E-state index contributed by atoms with van der Waals surface area (Å²) in [5.41, 5.74) is 5.80. The van der Waals surface area contributed by atoms with Gasteiger partial charge in [0.1, 0.15) is 0 Å². The Morgan fingerprint density at radius 2 is 1.82 bits per heavy atom. The predicted octanol–water partition coefficient (Wildman–Crippen LogP) is -0.120. The van der Waals surface area contributed by atoms with E-state index in [2.05, 4.69) is 9.62 Å². The summed E-state index contributed by atoms with van der Waals surface area (Å²) in [7, 11) is -1.11. The van der Waals surface area contributed by atoms with Crippen LogP contribution in [0.2, 0.25) is 0 Å². The summed E-state index contributed by atoms with van der Waals surface area (Å²) in [4.78, 5) is 2.18. The van der Waals surface area contributed by atoms with E-state index < -0.39 is 10.0 Å². The molecule has 3 N–H and O–H groups in total. The number of rotatable bonds is 3. The number of sulfonamides is 1. The standard InChI is InChI=1S/C11H23N3O2S/c1-14-6-4-11(5-7-14)17(15,16)13-10-3-2-9(12)8-10/h9-11,13H,2-8,12H2,1H3. The zero-order chi connectivity index (χ0) is 12.5. The van der Waals surface area contributed by atoms with Gasteiger partial charge in [0.15, 0.2) is 0 Å². The van der Waals surface area contributed by atoms with Crippen molar-refractivity contribution in [2.45, 2.75) is 49.4 Å². The molecule has 0 radical (unpaired) electrons. The Balaban J connectivity index is 1.90. The first-order valence-electron chi connectivity index (χ1n) is 6.42. The van der Waals surface area contributed by atoms with Crippen LogP contribution in [0, 0.1) is 0 Å². The van der Waals surface area contributed by atoms with E-state index in [0.29, 0.717) is 0 Å². The van der Waals surface area contributed by atoms with E-state index in [1.54, 1.807) is 0 Å². The number of likely N-dealkylation sites (tertiary alicyclic amines) is 1. The molecular weight excluding hydrogens is 238 g/mol. The highest BCUT2D eigenvalue weighted by Crippen LogP contribution is 2.21. The first-order valence-corrected chi connectivity index (χ1v) is 7.97. The lowest BCUT2D eigenvalue weighted by Crippen LogP contribution is -2.45. The third-order valence-corrected chi connectivity index (χ3v) is 5.92. The maximum atomic E-state index is 12.2. The highest BCUT2D eigenvalue weighted by molar-refractivity contribution is 7.90. The van der Waals surface area contributed by atoms with Crippen LogP contribution in [0.4, 0.5) is 0 Å². The molecule has 1 aliphatic carbocycles. The zero-order valence-corrected chi connectivity index (χ0v) is 11.2. The predicted molar refractivity (Wildman–Crippen MR) is 68.2 cm³/mol. The van der Waals surface area contributed by atoms with Gasteiger partial charge in [-0.3, -0.25) is 0 Å². The lowest BCUT2D eigenvalue weighted by molar-refractivity contribution is 0.276. The Labute approximate surface area is 104 Å².